The van der Waals surface area contributed by atoms with Gasteiger partial charge in [-0.25, -0.2) is 0 Å². The van der Waals surface area contributed by atoms with E-state index in [0.29, 0.717) is 28.4 Å². The summed E-state index contributed by atoms with van der Waals surface area (Å²) in [6.45, 7) is 0. The quantitative estimate of drug-likeness (QED) is 0.765. The molecule has 0 saturated heterocycles. The molecule has 5 heteroatoms. The van der Waals surface area contributed by atoms with Crippen LogP contribution in [0.4, 0.5) is 0 Å². The Morgan fingerprint density at radius 3 is 2.24 bits per heavy atom. The summed E-state index contributed by atoms with van der Waals surface area (Å²) >= 11 is 3.43. The standard InChI is InChI=1S/C16H15BrO4/c1-19-13-8-11(9-18)14(16(21-3)15(13)20-2)10-5-4-6-12(17)7-10/h4-9H,1-3H3. The van der Waals surface area contributed by atoms with Gasteiger partial charge in [0.15, 0.2) is 17.8 Å². The monoisotopic (exact) mass is 350 g/mol. The summed E-state index contributed by atoms with van der Waals surface area (Å²) in [5, 5.41) is 0. The van der Waals surface area contributed by atoms with Gasteiger partial charge in [0.1, 0.15) is 0 Å². The highest BCUT2D eigenvalue weighted by molar-refractivity contribution is 9.10. The summed E-state index contributed by atoms with van der Waals surface area (Å²) in [6, 6.07) is 9.27. The summed E-state index contributed by atoms with van der Waals surface area (Å²) in [5.41, 5.74) is 2.00. The Morgan fingerprint density at radius 1 is 1.00 bits per heavy atom. The molecule has 0 bridgehead atoms. The van der Waals surface area contributed by atoms with Gasteiger partial charge in [0.05, 0.1) is 21.3 Å². The minimum Gasteiger partial charge on any atom is -0.493 e. The predicted molar refractivity (Wildman–Crippen MR) is 84.6 cm³/mol. The number of hydrogen-bond donors (Lipinski definition) is 0. The number of carbonyl (C=O) groups is 1. The van der Waals surface area contributed by atoms with Gasteiger partial charge >= 0.3 is 0 Å². The van der Waals surface area contributed by atoms with E-state index in [2.05, 4.69) is 15.9 Å². The molecular weight excluding hydrogens is 336 g/mol. The zero-order valence-corrected chi connectivity index (χ0v) is 13.6. The average Bonchev–Trinajstić information content (AvgIpc) is 2.52. The highest BCUT2D eigenvalue weighted by Gasteiger charge is 2.21. The topological polar surface area (TPSA) is 44.8 Å². The van der Waals surface area contributed by atoms with Gasteiger partial charge in [0, 0.05) is 15.6 Å². The van der Waals surface area contributed by atoms with Crippen LogP contribution in [0, 0.1) is 0 Å². The minimum atomic E-state index is 0.454. The van der Waals surface area contributed by atoms with Crippen molar-refractivity contribution in [2.75, 3.05) is 21.3 Å². The van der Waals surface area contributed by atoms with Crippen LogP contribution in [-0.2, 0) is 0 Å². The van der Waals surface area contributed by atoms with Crippen LogP contribution in [-0.4, -0.2) is 27.6 Å². The molecule has 2 aromatic carbocycles. The highest BCUT2D eigenvalue weighted by atomic mass is 79.9. The summed E-state index contributed by atoms with van der Waals surface area (Å²) in [7, 11) is 4.59. The molecule has 0 radical (unpaired) electrons. The number of benzene rings is 2. The number of ether oxygens (including phenoxy) is 3. The zero-order chi connectivity index (χ0) is 15.4. The second kappa shape index (κ2) is 6.63. The summed E-state index contributed by atoms with van der Waals surface area (Å²) < 4.78 is 17.0. The van der Waals surface area contributed by atoms with E-state index < -0.39 is 0 Å². The van der Waals surface area contributed by atoms with Crippen molar-refractivity contribution in [3.05, 3.63) is 40.4 Å². The fourth-order valence-corrected chi connectivity index (χ4v) is 2.61. The minimum absolute atomic E-state index is 0.454. The first-order chi connectivity index (χ1) is 10.2. The van der Waals surface area contributed by atoms with Gasteiger partial charge in [-0.3, -0.25) is 4.79 Å². The molecule has 0 aromatic heterocycles. The van der Waals surface area contributed by atoms with Gasteiger partial charge in [-0.2, -0.15) is 0 Å². The number of carbonyl (C=O) groups excluding carboxylic acids is 1. The van der Waals surface area contributed by atoms with Crippen molar-refractivity contribution >= 4 is 22.2 Å². The molecular formula is C16H15BrO4. The third kappa shape index (κ3) is 2.88. The van der Waals surface area contributed by atoms with Crippen LogP contribution in [0.5, 0.6) is 17.2 Å². The van der Waals surface area contributed by atoms with Crippen molar-refractivity contribution in [3.8, 4) is 28.4 Å². The summed E-state index contributed by atoms with van der Waals surface area (Å²) in [4.78, 5) is 11.5. The molecule has 110 valence electrons. The molecule has 0 aliphatic heterocycles. The lowest BCUT2D eigenvalue weighted by Crippen LogP contribution is -2.00. The molecule has 0 fully saturated rings. The smallest absolute Gasteiger partial charge is 0.203 e. The summed E-state index contributed by atoms with van der Waals surface area (Å²) in [6.07, 6.45) is 0.778. The van der Waals surface area contributed by atoms with Crippen molar-refractivity contribution in [1.29, 1.82) is 0 Å². The number of methoxy groups -OCH3 is 3. The van der Waals surface area contributed by atoms with Gasteiger partial charge in [-0.05, 0) is 23.8 Å². The second-order valence-corrected chi connectivity index (χ2v) is 5.15. The first-order valence-corrected chi connectivity index (χ1v) is 6.99. The van der Waals surface area contributed by atoms with Crippen LogP contribution in [0.1, 0.15) is 10.4 Å². The normalized spacial score (nSPS) is 10.1. The summed E-state index contributed by atoms with van der Waals surface area (Å²) in [5.74, 6) is 1.38. The van der Waals surface area contributed by atoms with E-state index in [0.717, 1.165) is 16.3 Å². The molecule has 0 aliphatic carbocycles. The van der Waals surface area contributed by atoms with Crippen LogP contribution in [0.25, 0.3) is 11.1 Å². The fraction of sp³-hybridized carbons (Fsp3) is 0.188. The predicted octanol–water partition coefficient (Wildman–Crippen LogP) is 3.95. The molecule has 0 N–H and O–H groups in total. The molecule has 2 rings (SSSR count). The maximum Gasteiger partial charge on any atom is 0.203 e. The van der Waals surface area contributed by atoms with Gasteiger partial charge in [-0.1, -0.05) is 28.1 Å². The third-order valence-corrected chi connectivity index (χ3v) is 3.59. The molecule has 4 nitrogen and oxygen atoms in total. The molecule has 2 aromatic rings. The highest BCUT2D eigenvalue weighted by Crippen LogP contribution is 2.46. The van der Waals surface area contributed by atoms with E-state index in [1.165, 1.54) is 21.3 Å². The molecule has 0 aliphatic rings. The van der Waals surface area contributed by atoms with Crippen molar-refractivity contribution in [2.45, 2.75) is 0 Å². The van der Waals surface area contributed by atoms with Crippen LogP contribution in [0.15, 0.2) is 34.8 Å². The van der Waals surface area contributed by atoms with Crippen LogP contribution in [0.2, 0.25) is 0 Å². The lowest BCUT2D eigenvalue weighted by atomic mass is 9.98. The van der Waals surface area contributed by atoms with E-state index in [1.807, 2.05) is 24.3 Å². The van der Waals surface area contributed by atoms with Crippen molar-refractivity contribution in [3.63, 3.8) is 0 Å². The Labute approximate surface area is 131 Å². The number of aldehydes is 1. The Morgan fingerprint density at radius 2 is 1.71 bits per heavy atom. The zero-order valence-electron chi connectivity index (χ0n) is 12.0. The Bertz CT molecular complexity index is 668. The van der Waals surface area contributed by atoms with E-state index in [9.17, 15) is 4.79 Å². The van der Waals surface area contributed by atoms with Crippen LogP contribution >= 0.6 is 15.9 Å². The van der Waals surface area contributed by atoms with Crippen molar-refractivity contribution in [2.24, 2.45) is 0 Å². The molecule has 0 saturated carbocycles. The van der Waals surface area contributed by atoms with Gasteiger partial charge in [0.25, 0.3) is 0 Å². The van der Waals surface area contributed by atoms with Gasteiger partial charge in [0.2, 0.25) is 5.75 Å². The molecule has 0 atom stereocenters. The lowest BCUT2D eigenvalue weighted by molar-refractivity contribution is 0.112. The average molecular weight is 351 g/mol. The van der Waals surface area contributed by atoms with E-state index in [-0.39, 0.29) is 0 Å². The fourth-order valence-electron chi connectivity index (χ4n) is 2.21. The lowest BCUT2D eigenvalue weighted by Gasteiger charge is -2.18. The van der Waals surface area contributed by atoms with Crippen molar-refractivity contribution in [1.82, 2.24) is 0 Å². The molecule has 0 unspecified atom stereocenters. The van der Waals surface area contributed by atoms with E-state index in [4.69, 9.17) is 14.2 Å². The number of hydrogen-bond acceptors (Lipinski definition) is 4. The maximum atomic E-state index is 11.5. The van der Waals surface area contributed by atoms with Crippen LogP contribution in [0.3, 0.4) is 0 Å². The molecule has 21 heavy (non-hydrogen) atoms. The van der Waals surface area contributed by atoms with Crippen LogP contribution < -0.4 is 14.2 Å². The maximum absolute atomic E-state index is 11.5. The molecule has 0 spiro atoms. The largest absolute Gasteiger partial charge is 0.493 e. The third-order valence-electron chi connectivity index (χ3n) is 3.10. The first kappa shape index (κ1) is 15.4. The Balaban J connectivity index is 2.82. The number of rotatable bonds is 5. The first-order valence-electron chi connectivity index (χ1n) is 6.20. The number of halogens is 1. The second-order valence-electron chi connectivity index (χ2n) is 4.24. The van der Waals surface area contributed by atoms with Gasteiger partial charge in [-0.15, -0.1) is 0 Å². The molecule has 0 heterocycles. The Hall–Kier alpha value is -2.01. The van der Waals surface area contributed by atoms with E-state index >= 15 is 0 Å². The van der Waals surface area contributed by atoms with Crippen molar-refractivity contribution < 1.29 is 19.0 Å². The van der Waals surface area contributed by atoms with Gasteiger partial charge < -0.3 is 14.2 Å². The molecule has 0 amide bonds. The SMILES string of the molecule is COc1cc(C=O)c(-c2cccc(Br)c2)c(OC)c1OC. The van der Waals surface area contributed by atoms with E-state index in [1.54, 1.807) is 6.07 Å². The Kier molecular flexibility index (Phi) is 4.85.